The second-order valence-electron chi connectivity index (χ2n) is 4.14. The molecule has 1 heterocycles. The van der Waals surface area contributed by atoms with E-state index in [0.29, 0.717) is 13.1 Å². The van der Waals surface area contributed by atoms with Crippen LogP contribution in [0.15, 0.2) is 0 Å². The summed E-state index contributed by atoms with van der Waals surface area (Å²) < 4.78 is 0. The van der Waals surface area contributed by atoms with Crippen molar-refractivity contribution in [1.82, 2.24) is 9.80 Å². The van der Waals surface area contributed by atoms with Crippen LogP contribution in [-0.2, 0) is 9.59 Å². The lowest BCUT2D eigenvalue weighted by molar-refractivity contribution is -0.137. The van der Waals surface area contributed by atoms with Crippen LogP contribution in [-0.4, -0.2) is 53.8 Å². The predicted molar refractivity (Wildman–Crippen MR) is 61.7 cm³/mol. The standard InChI is InChI=1S/C11H21N3O2/c1-3-14(9(2)15)10-5-4-6-13(8-10)11(16)7-12/h10H,3-8,12H2,1-2H3/t10-/m0/s1. The first kappa shape index (κ1) is 13.0. The van der Waals surface area contributed by atoms with Crippen LogP contribution in [0.2, 0.25) is 0 Å². The first-order valence-corrected chi connectivity index (χ1v) is 5.85. The van der Waals surface area contributed by atoms with E-state index in [9.17, 15) is 9.59 Å². The molecule has 1 atom stereocenters. The van der Waals surface area contributed by atoms with E-state index in [2.05, 4.69) is 0 Å². The summed E-state index contributed by atoms with van der Waals surface area (Å²) >= 11 is 0. The third-order valence-electron chi connectivity index (χ3n) is 3.11. The molecule has 1 aliphatic heterocycles. The molecule has 0 spiro atoms. The van der Waals surface area contributed by atoms with E-state index >= 15 is 0 Å². The molecule has 5 heteroatoms. The summed E-state index contributed by atoms with van der Waals surface area (Å²) in [4.78, 5) is 26.5. The number of hydrogen-bond donors (Lipinski definition) is 1. The number of nitrogens with two attached hydrogens (primary N) is 1. The van der Waals surface area contributed by atoms with Crippen molar-refractivity contribution in [1.29, 1.82) is 0 Å². The average Bonchev–Trinajstić information content (AvgIpc) is 2.29. The Morgan fingerprint density at radius 2 is 2.19 bits per heavy atom. The van der Waals surface area contributed by atoms with Gasteiger partial charge >= 0.3 is 0 Å². The van der Waals surface area contributed by atoms with Crippen molar-refractivity contribution in [2.75, 3.05) is 26.2 Å². The summed E-state index contributed by atoms with van der Waals surface area (Å²) in [5.41, 5.74) is 5.34. The van der Waals surface area contributed by atoms with Gasteiger partial charge in [-0.1, -0.05) is 0 Å². The fraction of sp³-hybridized carbons (Fsp3) is 0.818. The van der Waals surface area contributed by atoms with Crippen LogP contribution >= 0.6 is 0 Å². The van der Waals surface area contributed by atoms with Crippen LogP contribution in [0.25, 0.3) is 0 Å². The normalized spacial score (nSPS) is 20.7. The first-order chi connectivity index (χ1) is 7.60. The fourth-order valence-corrected chi connectivity index (χ4v) is 2.30. The van der Waals surface area contributed by atoms with Gasteiger partial charge in [0.2, 0.25) is 11.8 Å². The number of nitrogens with zero attached hydrogens (tertiary/aromatic N) is 2. The molecule has 16 heavy (non-hydrogen) atoms. The zero-order chi connectivity index (χ0) is 12.1. The highest BCUT2D eigenvalue weighted by molar-refractivity contribution is 5.78. The molecule has 0 aromatic heterocycles. The summed E-state index contributed by atoms with van der Waals surface area (Å²) in [7, 11) is 0. The van der Waals surface area contributed by atoms with Gasteiger partial charge in [0.1, 0.15) is 0 Å². The topological polar surface area (TPSA) is 66.6 Å². The van der Waals surface area contributed by atoms with Crippen LogP contribution in [0.3, 0.4) is 0 Å². The Labute approximate surface area is 96.6 Å². The molecule has 0 aromatic rings. The van der Waals surface area contributed by atoms with Crippen molar-refractivity contribution in [3.05, 3.63) is 0 Å². The second-order valence-corrected chi connectivity index (χ2v) is 4.14. The molecule has 0 saturated carbocycles. The first-order valence-electron chi connectivity index (χ1n) is 5.85. The summed E-state index contributed by atoms with van der Waals surface area (Å²) in [6, 6.07) is 0.159. The number of carbonyl (C=O) groups is 2. The molecule has 1 rings (SSSR count). The Kier molecular flexibility index (Phi) is 4.73. The zero-order valence-corrected chi connectivity index (χ0v) is 10.1. The maximum Gasteiger partial charge on any atom is 0.236 e. The third kappa shape index (κ3) is 2.95. The zero-order valence-electron chi connectivity index (χ0n) is 10.1. The number of rotatable bonds is 3. The van der Waals surface area contributed by atoms with Crippen molar-refractivity contribution < 1.29 is 9.59 Å². The Hall–Kier alpha value is -1.10. The van der Waals surface area contributed by atoms with Crippen molar-refractivity contribution in [3.8, 4) is 0 Å². The molecule has 0 aromatic carbocycles. The van der Waals surface area contributed by atoms with Gasteiger partial charge in [0.05, 0.1) is 6.54 Å². The quantitative estimate of drug-likeness (QED) is 0.726. The number of amides is 2. The van der Waals surface area contributed by atoms with Gasteiger partial charge in [0.15, 0.2) is 0 Å². The minimum atomic E-state index is -0.0238. The van der Waals surface area contributed by atoms with Crippen molar-refractivity contribution in [2.45, 2.75) is 32.7 Å². The molecule has 0 radical (unpaired) electrons. The van der Waals surface area contributed by atoms with E-state index < -0.39 is 0 Å². The molecule has 0 unspecified atom stereocenters. The molecule has 1 aliphatic rings. The van der Waals surface area contributed by atoms with Gasteiger partial charge in [-0.3, -0.25) is 9.59 Å². The van der Waals surface area contributed by atoms with Gasteiger partial charge in [0, 0.05) is 32.6 Å². The van der Waals surface area contributed by atoms with E-state index in [1.807, 2.05) is 11.8 Å². The second kappa shape index (κ2) is 5.84. The Balaban J connectivity index is 2.62. The lowest BCUT2D eigenvalue weighted by Crippen LogP contribution is -2.52. The maximum absolute atomic E-state index is 11.5. The molecule has 2 N–H and O–H groups in total. The highest BCUT2D eigenvalue weighted by atomic mass is 16.2. The summed E-state index contributed by atoms with van der Waals surface area (Å²) in [6.45, 7) is 5.69. The van der Waals surface area contributed by atoms with Crippen LogP contribution < -0.4 is 5.73 Å². The highest BCUT2D eigenvalue weighted by Gasteiger charge is 2.27. The maximum atomic E-state index is 11.5. The monoisotopic (exact) mass is 227 g/mol. The predicted octanol–water partition coefficient (Wildman–Crippen LogP) is -0.195. The average molecular weight is 227 g/mol. The minimum absolute atomic E-state index is 0.0238. The van der Waals surface area contributed by atoms with Crippen LogP contribution in [0.5, 0.6) is 0 Å². The van der Waals surface area contributed by atoms with Gasteiger partial charge in [0.25, 0.3) is 0 Å². The molecule has 0 aliphatic carbocycles. The van der Waals surface area contributed by atoms with E-state index in [1.165, 1.54) is 0 Å². The summed E-state index contributed by atoms with van der Waals surface area (Å²) in [6.07, 6.45) is 1.92. The van der Waals surface area contributed by atoms with Gasteiger partial charge in [-0.2, -0.15) is 0 Å². The number of likely N-dealkylation sites (N-methyl/N-ethyl adjacent to an activating group) is 1. The van der Waals surface area contributed by atoms with Gasteiger partial charge in [-0.15, -0.1) is 0 Å². The highest BCUT2D eigenvalue weighted by Crippen LogP contribution is 2.16. The third-order valence-corrected chi connectivity index (χ3v) is 3.11. The lowest BCUT2D eigenvalue weighted by atomic mass is 10.0. The lowest BCUT2D eigenvalue weighted by Gasteiger charge is -2.38. The van der Waals surface area contributed by atoms with Crippen LogP contribution in [0, 0.1) is 0 Å². The smallest absolute Gasteiger partial charge is 0.236 e. The number of likely N-dealkylation sites (tertiary alicyclic amines) is 1. The van der Waals surface area contributed by atoms with Crippen molar-refractivity contribution >= 4 is 11.8 Å². The molecular formula is C11H21N3O2. The van der Waals surface area contributed by atoms with Gasteiger partial charge in [-0.25, -0.2) is 0 Å². The Morgan fingerprint density at radius 3 is 2.69 bits per heavy atom. The number of piperidine rings is 1. The van der Waals surface area contributed by atoms with E-state index in [-0.39, 0.29) is 24.4 Å². The van der Waals surface area contributed by atoms with E-state index in [4.69, 9.17) is 5.73 Å². The van der Waals surface area contributed by atoms with Gasteiger partial charge in [-0.05, 0) is 19.8 Å². The van der Waals surface area contributed by atoms with E-state index in [1.54, 1.807) is 11.8 Å². The van der Waals surface area contributed by atoms with Crippen molar-refractivity contribution in [3.63, 3.8) is 0 Å². The van der Waals surface area contributed by atoms with Crippen LogP contribution in [0.1, 0.15) is 26.7 Å². The molecule has 2 amide bonds. The molecular weight excluding hydrogens is 206 g/mol. The number of hydrogen-bond acceptors (Lipinski definition) is 3. The molecule has 92 valence electrons. The summed E-state index contributed by atoms with van der Waals surface area (Å²) in [5.74, 6) is 0.0545. The Bertz CT molecular complexity index is 268. The molecule has 0 bridgehead atoms. The minimum Gasteiger partial charge on any atom is -0.340 e. The fourth-order valence-electron chi connectivity index (χ4n) is 2.30. The summed E-state index contributed by atoms with van der Waals surface area (Å²) in [5, 5.41) is 0. The Morgan fingerprint density at radius 1 is 1.50 bits per heavy atom. The largest absolute Gasteiger partial charge is 0.340 e. The van der Waals surface area contributed by atoms with E-state index in [0.717, 1.165) is 19.4 Å². The van der Waals surface area contributed by atoms with Crippen LogP contribution in [0.4, 0.5) is 0 Å². The molecule has 1 saturated heterocycles. The SMILES string of the molecule is CCN(C(C)=O)[C@H]1CCCN(C(=O)CN)C1. The number of carbonyl (C=O) groups excluding carboxylic acids is 2. The molecule has 5 nitrogen and oxygen atoms in total. The van der Waals surface area contributed by atoms with Gasteiger partial charge < -0.3 is 15.5 Å². The van der Waals surface area contributed by atoms with Crippen molar-refractivity contribution in [2.24, 2.45) is 5.73 Å². The molecule has 1 fully saturated rings.